The monoisotopic (exact) mass is 292 g/mol. The number of carbonyl (C=O) groups is 3. The van der Waals surface area contributed by atoms with Crippen molar-refractivity contribution in [3.8, 4) is 0 Å². The molecular formula is C12H16N6O3. The Morgan fingerprint density at radius 3 is 2.52 bits per heavy atom. The van der Waals surface area contributed by atoms with Crippen molar-refractivity contribution in [1.82, 2.24) is 20.2 Å². The lowest BCUT2D eigenvalue weighted by molar-refractivity contribution is -0.135. The van der Waals surface area contributed by atoms with E-state index in [-0.39, 0.29) is 30.4 Å². The van der Waals surface area contributed by atoms with Gasteiger partial charge >= 0.3 is 0 Å². The summed E-state index contributed by atoms with van der Waals surface area (Å²) in [6, 6.07) is 0. The van der Waals surface area contributed by atoms with Crippen LogP contribution in [0.3, 0.4) is 0 Å². The highest BCUT2D eigenvalue weighted by molar-refractivity contribution is 6.06. The molecule has 1 fully saturated rings. The number of hydrazine groups is 1. The summed E-state index contributed by atoms with van der Waals surface area (Å²) < 4.78 is 0. The van der Waals surface area contributed by atoms with Gasteiger partial charge in [-0.1, -0.05) is 13.8 Å². The standard InChI is InChI=1S/C12H16N6O3/c1-6(2)11-14-3-7(17-13)10(16-11)12(21)18-4-8(19)15-9(20)5-18/h3,6,17H,4-5,13H2,1-2H3,(H,15,19,20). The molecule has 1 saturated heterocycles. The molecule has 0 radical (unpaired) electrons. The molecule has 1 aromatic heterocycles. The maximum atomic E-state index is 12.5. The molecule has 21 heavy (non-hydrogen) atoms. The number of amides is 3. The smallest absolute Gasteiger partial charge is 0.275 e. The average Bonchev–Trinajstić information content (AvgIpc) is 2.44. The van der Waals surface area contributed by atoms with Crippen LogP contribution < -0.4 is 16.6 Å². The lowest BCUT2D eigenvalue weighted by Crippen LogP contribution is -2.53. The van der Waals surface area contributed by atoms with E-state index < -0.39 is 17.7 Å². The van der Waals surface area contributed by atoms with Gasteiger partial charge in [0.2, 0.25) is 11.8 Å². The van der Waals surface area contributed by atoms with Crippen LogP contribution in [0.1, 0.15) is 36.1 Å². The molecule has 1 aliphatic heterocycles. The molecule has 2 heterocycles. The van der Waals surface area contributed by atoms with Gasteiger partial charge in [0.05, 0.1) is 11.9 Å². The summed E-state index contributed by atoms with van der Waals surface area (Å²) in [7, 11) is 0. The van der Waals surface area contributed by atoms with Gasteiger partial charge in [0.15, 0.2) is 5.69 Å². The van der Waals surface area contributed by atoms with Crippen molar-refractivity contribution < 1.29 is 14.4 Å². The fraction of sp³-hybridized carbons (Fsp3) is 0.417. The third kappa shape index (κ3) is 3.14. The number of nitrogen functional groups attached to an aromatic ring is 1. The van der Waals surface area contributed by atoms with E-state index in [1.54, 1.807) is 0 Å². The summed E-state index contributed by atoms with van der Waals surface area (Å²) in [5.74, 6) is 4.25. The molecule has 0 unspecified atom stereocenters. The molecule has 0 atom stereocenters. The molecular weight excluding hydrogens is 276 g/mol. The van der Waals surface area contributed by atoms with Gasteiger partial charge in [0.25, 0.3) is 5.91 Å². The van der Waals surface area contributed by atoms with E-state index in [0.717, 1.165) is 4.90 Å². The van der Waals surface area contributed by atoms with E-state index in [0.29, 0.717) is 5.82 Å². The molecule has 0 bridgehead atoms. The molecule has 0 aromatic carbocycles. The Morgan fingerprint density at radius 1 is 1.38 bits per heavy atom. The summed E-state index contributed by atoms with van der Waals surface area (Å²) in [6.45, 7) is 3.37. The number of nitrogens with zero attached hydrogens (tertiary/aromatic N) is 3. The Balaban J connectivity index is 2.35. The second kappa shape index (κ2) is 5.83. The summed E-state index contributed by atoms with van der Waals surface area (Å²) in [5, 5.41) is 2.13. The molecule has 4 N–H and O–H groups in total. The minimum absolute atomic E-state index is 0.0228. The third-order valence-electron chi connectivity index (χ3n) is 2.92. The van der Waals surface area contributed by atoms with E-state index in [4.69, 9.17) is 5.84 Å². The normalized spacial score (nSPS) is 15.1. The summed E-state index contributed by atoms with van der Waals surface area (Å²) >= 11 is 0. The minimum Gasteiger partial charge on any atom is -0.321 e. The molecule has 1 aromatic rings. The number of nitrogens with one attached hydrogen (secondary N) is 2. The number of hydrogen-bond acceptors (Lipinski definition) is 7. The molecule has 112 valence electrons. The number of rotatable bonds is 3. The highest BCUT2D eigenvalue weighted by atomic mass is 16.2. The number of anilines is 1. The van der Waals surface area contributed by atoms with Crippen molar-refractivity contribution in [3.63, 3.8) is 0 Å². The predicted octanol–water partition coefficient (Wildman–Crippen LogP) is -1.02. The largest absolute Gasteiger partial charge is 0.321 e. The molecule has 2 rings (SSSR count). The second-order valence-corrected chi connectivity index (χ2v) is 4.92. The van der Waals surface area contributed by atoms with E-state index in [2.05, 4.69) is 20.7 Å². The highest BCUT2D eigenvalue weighted by Crippen LogP contribution is 2.17. The van der Waals surface area contributed by atoms with Crippen LogP contribution in [0.4, 0.5) is 5.69 Å². The number of imide groups is 1. The number of nitrogens with two attached hydrogens (primary N) is 1. The third-order valence-corrected chi connectivity index (χ3v) is 2.92. The SMILES string of the molecule is CC(C)c1ncc(NN)c(C(=O)N2CC(=O)NC(=O)C2)n1. The first-order valence-corrected chi connectivity index (χ1v) is 6.38. The van der Waals surface area contributed by atoms with Crippen LogP contribution in [-0.2, 0) is 9.59 Å². The van der Waals surface area contributed by atoms with Crippen LogP contribution in [0, 0.1) is 0 Å². The fourth-order valence-electron chi connectivity index (χ4n) is 1.87. The lowest BCUT2D eigenvalue weighted by atomic mass is 10.2. The van der Waals surface area contributed by atoms with Crippen molar-refractivity contribution >= 4 is 23.4 Å². The Morgan fingerprint density at radius 2 is 2.00 bits per heavy atom. The van der Waals surface area contributed by atoms with Crippen LogP contribution >= 0.6 is 0 Å². The molecule has 1 aliphatic rings. The van der Waals surface area contributed by atoms with Crippen LogP contribution in [-0.4, -0.2) is 45.7 Å². The Kier molecular flexibility index (Phi) is 4.13. The van der Waals surface area contributed by atoms with Crippen molar-refractivity contribution in [2.45, 2.75) is 19.8 Å². The first-order valence-electron chi connectivity index (χ1n) is 6.38. The van der Waals surface area contributed by atoms with Crippen molar-refractivity contribution in [3.05, 3.63) is 17.7 Å². The molecule has 0 aliphatic carbocycles. The highest BCUT2D eigenvalue weighted by Gasteiger charge is 2.29. The quantitative estimate of drug-likeness (QED) is 0.369. The van der Waals surface area contributed by atoms with Crippen molar-refractivity contribution in [2.75, 3.05) is 18.5 Å². The van der Waals surface area contributed by atoms with Gasteiger partial charge in [-0.3, -0.25) is 25.5 Å². The van der Waals surface area contributed by atoms with Crippen LogP contribution in [0.25, 0.3) is 0 Å². The zero-order valence-electron chi connectivity index (χ0n) is 11.7. The molecule has 3 amide bonds. The van der Waals surface area contributed by atoms with Gasteiger partial charge in [0.1, 0.15) is 18.9 Å². The molecule has 0 spiro atoms. The minimum atomic E-state index is -0.546. The number of aromatic nitrogens is 2. The van der Waals surface area contributed by atoms with Gasteiger partial charge in [-0.15, -0.1) is 0 Å². The van der Waals surface area contributed by atoms with Gasteiger partial charge in [0, 0.05) is 5.92 Å². The Labute approximate surface area is 120 Å². The van der Waals surface area contributed by atoms with E-state index in [1.165, 1.54) is 6.20 Å². The average molecular weight is 292 g/mol. The van der Waals surface area contributed by atoms with Gasteiger partial charge < -0.3 is 10.3 Å². The van der Waals surface area contributed by atoms with Crippen LogP contribution in [0.15, 0.2) is 6.20 Å². The molecule has 9 nitrogen and oxygen atoms in total. The van der Waals surface area contributed by atoms with E-state index in [9.17, 15) is 14.4 Å². The lowest BCUT2D eigenvalue weighted by Gasteiger charge is -2.25. The van der Waals surface area contributed by atoms with Crippen molar-refractivity contribution in [2.24, 2.45) is 5.84 Å². The zero-order chi connectivity index (χ0) is 15.6. The Hall–Kier alpha value is -2.55. The number of carbonyl (C=O) groups excluding carboxylic acids is 3. The van der Waals surface area contributed by atoms with E-state index in [1.807, 2.05) is 13.8 Å². The summed E-state index contributed by atoms with van der Waals surface area (Å²) in [5.41, 5.74) is 2.63. The van der Waals surface area contributed by atoms with E-state index >= 15 is 0 Å². The number of piperazine rings is 1. The fourth-order valence-corrected chi connectivity index (χ4v) is 1.87. The maximum absolute atomic E-state index is 12.5. The zero-order valence-corrected chi connectivity index (χ0v) is 11.7. The summed E-state index contributed by atoms with van der Waals surface area (Å²) in [4.78, 5) is 44.6. The van der Waals surface area contributed by atoms with Crippen molar-refractivity contribution in [1.29, 1.82) is 0 Å². The van der Waals surface area contributed by atoms with Crippen LogP contribution in [0.2, 0.25) is 0 Å². The topological polar surface area (TPSA) is 130 Å². The molecule has 9 heteroatoms. The summed E-state index contributed by atoms with van der Waals surface area (Å²) in [6.07, 6.45) is 1.40. The second-order valence-electron chi connectivity index (χ2n) is 4.92. The van der Waals surface area contributed by atoms with Gasteiger partial charge in [-0.25, -0.2) is 9.97 Å². The van der Waals surface area contributed by atoms with Gasteiger partial charge in [-0.05, 0) is 0 Å². The molecule has 0 saturated carbocycles. The predicted molar refractivity (Wildman–Crippen MR) is 73.0 cm³/mol. The Bertz CT molecular complexity index is 585. The number of hydrogen-bond donors (Lipinski definition) is 3. The first kappa shape index (κ1) is 14.9. The maximum Gasteiger partial charge on any atom is 0.275 e. The van der Waals surface area contributed by atoms with Gasteiger partial charge in [-0.2, -0.15) is 0 Å². The first-order chi connectivity index (χ1) is 9.92. The van der Waals surface area contributed by atoms with Crippen LogP contribution in [0.5, 0.6) is 0 Å².